The molecule has 3 heterocycles. The van der Waals surface area contributed by atoms with Crippen LogP contribution in [0.4, 0.5) is 11.4 Å². The molecule has 29 heavy (non-hydrogen) atoms. The molecule has 1 aromatic heterocycles. The molecule has 0 N–H and O–H groups in total. The Morgan fingerprint density at radius 3 is 2.48 bits per heavy atom. The van der Waals surface area contributed by atoms with E-state index in [1.54, 1.807) is 0 Å². The normalized spacial score (nSPS) is 21.0. The van der Waals surface area contributed by atoms with Crippen LogP contribution in [0.2, 0.25) is 5.02 Å². The second-order valence-electron chi connectivity index (χ2n) is 9.04. The third kappa shape index (κ3) is 3.94. The van der Waals surface area contributed by atoms with Crippen molar-refractivity contribution in [2.75, 3.05) is 29.4 Å². The first-order chi connectivity index (χ1) is 13.9. The van der Waals surface area contributed by atoms with Gasteiger partial charge >= 0.3 is 0 Å². The smallest absolute Gasteiger partial charge is 0.101 e. The number of piperidine rings is 1. The maximum Gasteiger partial charge on any atom is 0.101 e. The Morgan fingerprint density at radius 1 is 1.17 bits per heavy atom. The average molecular weight is 409 g/mol. The van der Waals surface area contributed by atoms with Crippen LogP contribution >= 0.6 is 11.6 Å². The number of pyridine rings is 1. The van der Waals surface area contributed by atoms with E-state index in [1.165, 1.54) is 24.9 Å². The van der Waals surface area contributed by atoms with E-state index in [0.717, 1.165) is 31.0 Å². The highest BCUT2D eigenvalue weighted by Crippen LogP contribution is 2.45. The van der Waals surface area contributed by atoms with Crippen molar-refractivity contribution in [1.82, 2.24) is 4.98 Å². The lowest BCUT2D eigenvalue weighted by Gasteiger charge is -2.40. The molecular weight excluding hydrogens is 380 g/mol. The van der Waals surface area contributed by atoms with Crippen molar-refractivity contribution in [3.63, 3.8) is 0 Å². The average Bonchev–Trinajstić information content (AvgIpc) is 3.04. The van der Waals surface area contributed by atoms with Crippen LogP contribution in [-0.4, -0.2) is 30.7 Å². The summed E-state index contributed by atoms with van der Waals surface area (Å²) in [4.78, 5) is 9.60. The quantitative estimate of drug-likeness (QED) is 0.661. The van der Waals surface area contributed by atoms with Crippen molar-refractivity contribution in [2.45, 2.75) is 52.0 Å². The highest BCUT2D eigenvalue weighted by molar-refractivity contribution is 6.32. The van der Waals surface area contributed by atoms with Crippen molar-refractivity contribution in [1.29, 1.82) is 5.26 Å². The zero-order valence-electron chi connectivity index (χ0n) is 17.5. The van der Waals surface area contributed by atoms with Gasteiger partial charge in [-0.3, -0.25) is 4.98 Å². The Morgan fingerprint density at radius 2 is 1.90 bits per heavy atom. The minimum absolute atomic E-state index is 0.363. The Hall–Kier alpha value is -2.25. The van der Waals surface area contributed by atoms with Crippen LogP contribution in [0, 0.1) is 16.7 Å². The van der Waals surface area contributed by atoms with Gasteiger partial charge in [-0.05, 0) is 67.9 Å². The van der Waals surface area contributed by atoms with E-state index in [9.17, 15) is 0 Å². The summed E-state index contributed by atoms with van der Waals surface area (Å²) in [7, 11) is 0. The Balaban J connectivity index is 1.43. The molecule has 152 valence electrons. The van der Waals surface area contributed by atoms with Gasteiger partial charge < -0.3 is 9.80 Å². The lowest BCUT2D eigenvalue weighted by Crippen LogP contribution is -2.41. The number of aromatic nitrogens is 1. The molecular formula is C24H29ClN4. The molecule has 5 heteroatoms. The molecule has 0 radical (unpaired) electrons. The third-order valence-electron chi connectivity index (χ3n) is 6.72. The number of halogens is 1. The molecule has 0 amide bonds. The molecule has 1 spiro atoms. The van der Waals surface area contributed by atoms with Gasteiger partial charge in [0.05, 0.1) is 22.5 Å². The molecule has 2 saturated heterocycles. The number of anilines is 2. The Labute approximate surface area is 179 Å². The summed E-state index contributed by atoms with van der Waals surface area (Å²) in [5, 5.41) is 9.68. The maximum absolute atomic E-state index is 9.13. The van der Waals surface area contributed by atoms with Crippen LogP contribution < -0.4 is 9.80 Å². The number of nitrogens with zero attached hydrogens (tertiary/aromatic N) is 4. The molecule has 0 saturated carbocycles. The largest absolute Gasteiger partial charge is 0.370 e. The van der Waals surface area contributed by atoms with Gasteiger partial charge in [-0.25, -0.2) is 0 Å². The molecule has 2 aromatic rings. The van der Waals surface area contributed by atoms with Gasteiger partial charge in [-0.2, -0.15) is 5.26 Å². The molecule has 1 unspecified atom stereocenters. The molecule has 0 bridgehead atoms. The third-order valence-corrected chi connectivity index (χ3v) is 7.04. The molecule has 2 aliphatic rings. The monoisotopic (exact) mass is 408 g/mol. The highest BCUT2D eigenvalue weighted by Gasteiger charge is 2.44. The van der Waals surface area contributed by atoms with Crippen molar-refractivity contribution in [2.24, 2.45) is 5.41 Å². The number of rotatable bonds is 3. The van der Waals surface area contributed by atoms with E-state index in [0.29, 0.717) is 28.0 Å². The van der Waals surface area contributed by atoms with Crippen molar-refractivity contribution < 1.29 is 0 Å². The molecule has 1 aromatic carbocycles. The Kier molecular flexibility index (Phi) is 5.44. The topological polar surface area (TPSA) is 43.2 Å². The van der Waals surface area contributed by atoms with Crippen LogP contribution in [0.3, 0.4) is 0 Å². The van der Waals surface area contributed by atoms with Crippen LogP contribution in [0.5, 0.6) is 0 Å². The fourth-order valence-corrected chi connectivity index (χ4v) is 5.18. The van der Waals surface area contributed by atoms with Crippen molar-refractivity contribution in [3.05, 3.63) is 52.8 Å². The van der Waals surface area contributed by atoms with E-state index < -0.39 is 0 Å². The van der Waals surface area contributed by atoms with Gasteiger partial charge in [-0.1, -0.05) is 25.4 Å². The summed E-state index contributed by atoms with van der Waals surface area (Å²) in [6.45, 7) is 9.90. The van der Waals surface area contributed by atoms with E-state index >= 15 is 0 Å². The minimum atomic E-state index is 0.363. The summed E-state index contributed by atoms with van der Waals surface area (Å²) in [5.41, 5.74) is 4.44. The number of hydrogen-bond acceptors (Lipinski definition) is 4. The molecule has 0 aliphatic carbocycles. The zero-order valence-corrected chi connectivity index (χ0v) is 18.3. The summed E-state index contributed by atoms with van der Waals surface area (Å²) < 4.78 is 0. The van der Waals surface area contributed by atoms with Crippen LogP contribution in [0.1, 0.15) is 57.2 Å². The predicted octanol–water partition coefficient (Wildman–Crippen LogP) is 5.62. The van der Waals surface area contributed by atoms with E-state index in [4.69, 9.17) is 16.9 Å². The van der Waals surface area contributed by atoms with Crippen LogP contribution in [-0.2, 0) is 0 Å². The number of nitriles is 1. The first kappa shape index (κ1) is 20.0. The van der Waals surface area contributed by atoms with Gasteiger partial charge in [0.25, 0.3) is 0 Å². The lowest BCUT2D eigenvalue weighted by molar-refractivity contribution is 0.245. The molecule has 2 fully saturated rings. The van der Waals surface area contributed by atoms with Crippen LogP contribution in [0.25, 0.3) is 0 Å². The van der Waals surface area contributed by atoms with Crippen molar-refractivity contribution >= 4 is 23.0 Å². The predicted molar refractivity (Wildman–Crippen MR) is 120 cm³/mol. The second kappa shape index (κ2) is 7.88. The SMILES string of the molecule is CC(C)c1ccc(N2CCC3(CC2)CC(C)N(c2ccc(C#N)c(Cl)c2)C3)cn1. The summed E-state index contributed by atoms with van der Waals surface area (Å²) in [6.07, 6.45) is 5.65. The summed E-state index contributed by atoms with van der Waals surface area (Å²) in [5.74, 6) is 0.468. The van der Waals surface area contributed by atoms with Gasteiger partial charge in [0.1, 0.15) is 6.07 Å². The van der Waals surface area contributed by atoms with Gasteiger partial charge in [-0.15, -0.1) is 0 Å². The Bertz CT molecular complexity index is 907. The first-order valence-electron chi connectivity index (χ1n) is 10.6. The first-order valence-corrected chi connectivity index (χ1v) is 11.0. The number of hydrogen-bond donors (Lipinski definition) is 0. The van der Waals surface area contributed by atoms with Gasteiger partial charge in [0, 0.05) is 37.1 Å². The minimum Gasteiger partial charge on any atom is -0.370 e. The van der Waals surface area contributed by atoms with E-state index in [-0.39, 0.29) is 0 Å². The lowest BCUT2D eigenvalue weighted by atomic mass is 9.76. The summed E-state index contributed by atoms with van der Waals surface area (Å²) >= 11 is 6.29. The molecule has 1 atom stereocenters. The summed E-state index contributed by atoms with van der Waals surface area (Å²) in [6, 6.07) is 12.9. The van der Waals surface area contributed by atoms with Gasteiger partial charge in [0.15, 0.2) is 0 Å². The molecule has 4 rings (SSSR count). The number of benzene rings is 1. The maximum atomic E-state index is 9.13. The van der Waals surface area contributed by atoms with Gasteiger partial charge in [0.2, 0.25) is 0 Å². The molecule has 4 nitrogen and oxygen atoms in total. The highest BCUT2D eigenvalue weighted by atomic mass is 35.5. The second-order valence-corrected chi connectivity index (χ2v) is 9.45. The van der Waals surface area contributed by atoms with E-state index in [2.05, 4.69) is 53.8 Å². The zero-order chi connectivity index (χ0) is 20.6. The fourth-order valence-electron chi connectivity index (χ4n) is 4.97. The van der Waals surface area contributed by atoms with Crippen LogP contribution in [0.15, 0.2) is 36.5 Å². The molecule has 2 aliphatic heterocycles. The van der Waals surface area contributed by atoms with Crippen molar-refractivity contribution in [3.8, 4) is 6.07 Å². The van der Waals surface area contributed by atoms with E-state index in [1.807, 2.05) is 24.4 Å². The fraction of sp³-hybridized carbons (Fsp3) is 0.500. The standard InChI is InChI=1S/C24H29ClN4/c1-17(2)23-7-6-21(15-27-23)28-10-8-24(9-11-28)13-18(3)29(16-24)20-5-4-19(14-26)22(25)12-20/h4-7,12,15,17-18H,8-11,13,16H2,1-3H3.